The van der Waals surface area contributed by atoms with Gasteiger partial charge in [0.15, 0.2) is 0 Å². The fourth-order valence-corrected chi connectivity index (χ4v) is 2.06. The summed E-state index contributed by atoms with van der Waals surface area (Å²) in [5.74, 6) is -0.0236. The van der Waals surface area contributed by atoms with Crippen molar-refractivity contribution in [2.24, 2.45) is 5.16 Å². The quantitative estimate of drug-likeness (QED) is 0.616. The van der Waals surface area contributed by atoms with Crippen molar-refractivity contribution in [3.63, 3.8) is 0 Å². The van der Waals surface area contributed by atoms with Gasteiger partial charge >= 0.3 is 0 Å². The number of hydrogen-bond acceptors (Lipinski definition) is 3. The molecule has 1 fully saturated rings. The second-order valence-electron chi connectivity index (χ2n) is 3.97. The van der Waals surface area contributed by atoms with E-state index < -0.39 is 0 Å². The second kappa shape index (κ2) is 5.19. The van der Waals surface area contributed by atoms with E-state index in [0.29, 0.717) is 36.5 Å². The standard InChI is InChI=1S/C12H13ClN2O2/c13-10-3-1-2-9(8-10)12(16)15-6-4-11(14-17)5-7-15/h1-3,8,17H,4-7H2. The van der Waals surface area contributed by atoms with Crippen molar-refractivity contribution in [3.05, 3.63) is 34.9 Å². The van der Waals surface area contributed by atoms with Gasteiger partial charge in [-0.25, -0.2) is 0 Å². The summed E-state index contributed by atoms with van der Waals surface area (Å²) in [6, 6.07) is 6.93. The number of nitrogens with zero attached hydrogens (tertiary/aromatic N) is 2. The zero-order valence-electron chi connectivity index (χ0n) is 9.27. The zero-order valence-corrected chi connectivity index (χ0v) is 10.0. The van der Waals surface area contributed by atoms with Crippen molar-refractivity contribution in [1.82, 2.24) is 4.90 Å². The van der Waals surface area contributed by atoms with E-state index in [4.69, 9.17) is 16.8 Å². The van der Waals surface area contributed by atoms with Crippen LogP contribution in [-0.2, 0) is 0 Å². The Morgan fingerprint density at radius 1 is 1.35 bits per heavy atom. The Morgan fingerprint density at radius 2 is 2.06 bits per heavy atom. The van der Waals surface area contributed by atoms with Crippen LogP contribution in [0.25, 0.3) is 0 Å². The third-order valence-corrected chi connectivity index (χ3v) is 3.08. The number of carbonyl (C=O) groups excluding carboxylic acids is 1. The van der Waals surface area contributed by atoms with E-state index in [9.17, 15) is 4.79 Å². The summed E-state index contributed by atoms with van der Waals surface area (Å²) < 4.78 is 0. The van der Waals surface area contributed by atoms with Gasteiger partial charge in [0, 0.05) is 36.5 Å². The Hall–Kier alpha value is -1.55. The van der Waals surface area contributed by atoms with Crippen LogP contribution in [-0.4, -0.2) is 34.8 Å². The average Bonchev–Trinajstić information content (AvgIpc) is 2.38. The number of oxime groups is 1. The number of amides is 1. The summed E-state index contributed by atoms with van der Waals surface area (Å²) in [5.41, 5.74) is 1.35. The number of benzene rings is 1. The molecule has 0 aromatic heterocycles. The zero-order chi connectivity index (χ0) is 12.3. The molecular formula is C12H13ClN2O2. The molecule has 1 heterocycles. The van der Waals surface area contributed by atoms with Gasteiger partial charge in [-0.2, -0.15) is 0 Å². The topological polar surface area (TPSA) is 52.9 Å². The van der Waals surface area contributed by atoms with Gasteiger partial charge in [-0.3, -0.25) is 4.79 Å². The molecule has 1 aromatic rings. The lowest BCUT2D eigenvalue weighted by atomic mass is 10.1. The van der Waals surface area contributed by atoms with Crippen LogP contribution in [0.3, 0.4) is 0 Å². The van der Waals surface area contributed by atoms with Gasteiger partial charge in [0.1, 0.15) is 0 Å². The lowest BCUT2D eigenvalue weighted by molar-refractivity contribution is 0.0753. The number of hydrogen-bond donors (Lipinski definition) is 1. The first kappa shape index (κ1) is 11.9. The van der Waals surface area contributed by atoms with E-state index in [0.717, 1.165) is 5.71 Å². The summed E-state index contributed by atoms with van der Waals surface area (Å²) >= 11 is 5.85. The molecule has 90 valence electrons. The number of likely N-dealkylation sites (tertiary alicyclic amines) is 1. The molecule has 0 radical (unpaired) electrons. The largest absolute Gasteiger partial charge is 0.411 e. The van der Waals surface area contributed by atoms with Crippen LogP contribution in [0.4, 0.5) is 0 Å². The van der Waals surface area contributed by atoms with E-state index in [2.05, 4.69) is 5.16 Å². The normalized spacial score (nSPS) is 15.8. The molecule has 0 atom stereocenters. The number of halogens is 1. The highest BCUT2D eigenvalue weighted by Gasteiger charge is 2.21. The fourth-order valence-electron chi connectivity index (χ4n) is 1.87. The molecule has 1 N–H and O–H groups in total. The Morgan fingerprint density at radius 3 is 2.65 bits per heavy atom. The van der Waals surface area contributed by atoms with Crippen LogP contribution in [0.2, 0.25) is 5.02 Å². The molecule has 0 saturated carbocycles. The fraction of sp³-hybridized carbons (Fsp3) is 0.333. The predicted octanol–water partition coefficient (Wildman–Crippen LogP) is 2.41. The minimum Gasteiger partial charge on any atom is -0.411 e. The van der Waals surface area contributed by atoms with Gasteiger partial charge in [0.25, 0.3) is 5.91 Å². The Labute approximate surface area is 104 Å². The van der Waals surface area contributed by atoms with Crippen molar-refractivity contribution in [2.75, 3.05) is 13.1 Å². The average molecular weight is 253 g/mol. The van der Waals surface area contributed by atoms with Crippen LogP contribution < -0.4 is 0 Å². The molecule has 0 unspecified atom stereocenters. The third-order valence-electron chi connectivity index (χ3n) is 2.84. The van der Waals surface area contributed by atoms with E-state index >= 15 is 0 Å². The molecule has 1 aromatic carbocycles. The molecule has 0 aliphatic carbocycles. The molecule has 1 amide bonds. The van der Waals surface area contributed by atoms with Crippen molar-refractivity contribution in [3.8, 4) is 0 Å². The second-order valence-corrected chi connectivity index (χ2v) is 4.41. The van der Waals surface area contributed by atoms with E-state index in [1.165, 1.54) is 0 Å². The monoisotopic (exact) mass is 252 g/mol. The van der Waals surface area contributed by atoms with Crippen LogP contribution in [0.5, 0.6) is 0 Å². The van der Waals surface area contributed by atoms with Crippen LogP contribution in [0.1, 0.15) is 23.2 Å². The molecule has 0 spiro atoms. The Balaban J connectivity index is 2.07. The van der Waals surface area contributed by atoms with Crippen LogP contribution >= 0.6 is 11.6 Å². The van der Waals surface area contributed by atoms with Gasteiger partial charge < -0.3 is 10.1 Å². The van der Waals surface area contributed by atoms with Crippen molar-refractivity contribution in [1.29, 1.82) is 0 Å². The maximum absolute atomic E-state index is 12.1. The first-order valence-electron chi connectivity index (χ1n) is 5.45. The number of piperidine rings is 1. The highest BCUT2D eigenvalue weighted by atomic mass is 35.5. The summed E-state index contributed by atoms with van der Waals surface area (Å²) in [6.07, 6.45) is 1.26. The maximum atomic E-state index is 12.1. The van der Waals surface area contributed by atoms with Crippen molar-refractivity contribution in [2.45, 2.75) is 12.8 Å². The molecule has 0 bridgehead atoms. The molecule has 1 aliphatic heterocycles. The molecular weight excluding hydrogens is 240 g/mol. The van der Waals surface area contributed by atoms with Crippen molar-refractivity contribution < 1.29 is 10.0 Å². The van der Waals surface area contributed by atoms with Gasteiger partial charge in [0.05, 0.1) is 5.71 Å². The Kier molecular flexibility index (Phi) is 3.64. The molecule has 1 saturated heterocycles. The SMILES string of the molecule is O=C(c1cccc(Cl)c1)N1CCC(=NO)CC1. The summed E-state index contributed by atoms with van der Waals surface area (Å²) in [6.45, 7) is 1.18. The maximum Gasteiger partial charge on any atom is 0.253 e. The number of rotatable bonds is 1. The third kappa shape index (κ3) is 2.77. The lowest BCUT2D eigenvalue weighted by Crippen LogP contribution is -2.38. The van der Waals surface area contributed by atoms with Gasteiger partial charge in [-0.1, -0.05) is 22.8 Å². The first-order valence-corrected chi connectivity index (χ1v) is 5.83. The van der Waals surface area contributed by atoms with Crippen molar-refractivity contribution >= 4 is 23.2 Å². The molecule has 4 nitrogen and oxygen atoms in total. The minimum atomic E-state index is -0.0236. The van der Waals surface area contributed by atoms with E-state index in [1.807, 2.05) is 0 Å². The first-order chi connectivity index (χ1) is 8.20. The van der Waals surface area contributed by atoms with E-state index in [-0.39, 0.29) is 5.91 Å². The molecule has 17 heavy (non-hydrogen) atoms. The molecule has 5 heteroatoms. The minimum absolute atomic E-state index is 0.0236. The predicted molar refractivity (Wildman–Crippen MR) is 65.8 cm³/mol. The van der Waals surface area contributed by atoms with Gasteiger partial charge in [0.2, 0.25) is 0 Å². The molecule has 2 rings (SSSR count). The van der Waals surface area contributed by atoms with E-state index in [1.54, 1.807) is 29.2 Å². The van der Waals surface area contributed by atoms with Crippen LogP contribution in [0, 0.1) is 0 Å². The Bertz CT molecular complexity index is 450. The van der Waals surface area contributed by atoms with Gasteiger partial charge in [-0.05, 0) is 18.2 Å². The highest BCUT2D eigenvalue weighted by Crippen LogP contribution is 2.15. The highest BCUT2D eigenvalue weighted by molar-refractivity contribution is 6.30. The summed E-state index contributed by atoms with van der Waals surface area (Å²) in [4.78, 5) is 13.9. The van der Waals surface area contributed by atoms with Crippen LogP contribution in [0.15, 0.2) is 29.4 Å². The number of carbonyl (C=O) groups is 1. The summed E-state index contributed by atoms with van der Waals surface area (Å²) in [7, 11) is 0. The molecule has 1 aliphatic rings. The van der Waals surface area contributed by atoms with Gasteiger partial charge in [-0.15, -0.1) is 0 Å². The smallest absolute Gasteiger partial charge is 0.253 e. The summed E-state index contributed by atoms with van der Waals surface area (Å²) in [5, 5.41) is 12.4. The lowest BCUT2D eigenvalue weighted by Gasteiger charge is -2.27.